The maximum Gasteiger partial charge on any atom is 0.220 e. The Morgan fingerprint density at radius 3 is 2.58 bits per heavy atom. The molecule has 1 aromatic rings. The van der Waals surface area contributed by atoms with Crippen LogP contribution in [0.15, 0.2) is 28.2 Å². The number of rotatable bonds is 2. The fourth-order valence-corrected chi connectivity index (χ4v) is 1.34. The summed E-state index contributed by atoms with van der Waals surface area (Å²) in [6.45, 7) is 0. The summed E-state index contributed by atoms with van der Waals surface area (Å²) < 4.78 is 21.7. The molecule has 1 heterocycles. The van der Waals surface area contributed by atoms with Crippen LogP contribution in [-0.2, 0) is 14.9 Å². The van der Waals surface area contributed by atoms with Crippen molar-refractivity contribution in [1.29, 1.82) is 0 Å². The zero-order valence-corrected chi connectivity index (χ0v) is 6.80. The first-order valence-corrected chi connectivity index (χ1v) is 4.71. The van der Waals surface area contributed by atoms with Crippen LogP contribution in [0.4, 0.5) is 0 Å². The Balaban J connectivity index is 3.31. The molecule has 65 valence electrons. The van der Waals surface area contributed by atoms with Gasteiger partial charge in [-0.05, 0) is 0 Å². The molecule has 0 atom stereocenters. The predicted molar refractivity (Wildman–Crippen MR) is 39.8 cm³/mol. The Bertz CT molecular complexity index is 419. The minimum absolute atomic E-state index is 0.329. The molecule has 0 spiro atoms. The van der Waals surface area contributed by atoms with E-state index in [-0.39, 0.29) is 5.03 Å². The van der Waals surface area contributed by atoms with Crippen molar-refractivity contribution < 1.29 is 13.5 Å². The molecular formula is C6H6NO4S. The quantitative estimate of drug-likeness (QED) is 0.681. The van der Waals surface area contributed by atoms with Crippen LogP contribution in [0, 0.1) is 0 Å². The molecule has 6 heteroatoms. The molecule has 0 aliphatic heterocycles. The van der Waals surface area contributed by atoms with Crippen molar-refractivity contribution in [3.05, 3.63) is 28.6 Å². The van der Waals surface area contributed by atoms with Crippen LogP contribution in [0.25, 0.3) is 0 Å². The second-order valence-electron chi connectivity index (χ2n) is 2.12. The number of pyridine rings is 1. The smallest absolute Gasteiger partial charge is 0.220 e. The van der Waals surface area contributed by atoms with Crippen LogP contribution in [0.3, 0.4) is 0 Å². The fourth-order valence-electron chi connectivity index (χ4n) is 0.668. The van der Waals surface area contributed by atoms with Crippen LogP contribution < -0.4 is 5.43 Å². The van der Waals surface area contributed by atoms with E-state index < -0.39 is 21.2 Å². The number of aromatic amines is 1. The van der Waals surface area contributed by atoms with E-state index in [1.807, 2.05) is 0 Å². The van der Waals surface area contributed by atoms with Crippen LogP contribution in [0.5, 0.6) is 0 Å². The lowest BCUT2D eigenvalue weighted by Crippen LogP contribution is -2.10. The van der Waals surface area contributed by atoms with Gasteiger partial charge in [-0.2, -0.15) is 0 Å². The highest BCUT2D eigenvalue weighted by Gasteiger charge is 2.13. The standard InChI is InChI=1S/C6H6NO4S/c8-4-12(10,11)6-3-5(9)1-2-7-6/h1-3H,4H2,(H,7,9). The minimum atomic E-state index is -3.83. The first-order chi connectivity index (χ1) is 5.56. The summed E-state index contributed by atoms with van der Waals surface area (Å²) in [5.74, 6) is -1.26. The summed E-state index contributed by atoms with van der Waals surface area (Å²) in [4.78, 5) is 13.0. The molecule has 1 radical (unpaired) electrons. The molecule has 1 N–H and O–H groups in total. The van der Waals surface area contributed by atoms with Gasteiger partial charge in [0.2, 0.25) is 9.84 Å². The minimum Gasteiger partial charge on any atom is -0.352 e. The summed E-state index contributed by atoms with van der Waals surface area (Å²) in [5.41, 5.74) is -0.444. The molecule has 5 nitrogen and oxygen atoms in total. The second-order valence-corrected chi connectivity index (χ2v) is 4.03. The van der Waals surface area contributed by atoms with E-state index in [9.17, 15) is 18.3 Å². The van der Waals surface area contributed by atoms with Gasteiger partial charge in [-0.1, -0.05) is 0 Å². The third-order valence-corrected chi connectivity index (χ3v) is 2.45. The topological polar surface area (TPSA) is 86.9 Å². The van der Waals surface area contributed by atoms with E-state index in [1.165, 1.54) is 12.3 Å². The van der Waals surface area contributed by atoms with Crippen molar-refractivity contribution in [2.24, 2.45) is 0 Å². The van der Waals surface area contributed by atoms with Crippen LogP contribution >= 0.6 is 0 Å². The number of aromatic nitrogens is 1. The normalized spacial score (nSPS) is 11.4. The predicted octanol–water partition coefficient (Wildman–Crippen LogP) is -0.463. The Hall–Kier alpha value is -1.14. The van der Waals surface area contributed by atoms with E-state index in [1.54, 1.807) is 0 Å². The zero-order chi connectivity index (χ0) is 9.19. The average molecular weight is 188 g/mol. The molecule has 1 rings (SSSR count). The van der Waals surface area contributed by atoms with Crippen molar-refractivity contribution in [1.82, 2.24) is 4.98 Å². The van der Waals surface area contributed by atoms with Gasteiger partial charge >= 0.3 is 0 Å². The third-order valence-electron chi connectivity index (χ3n) is 1.24. The molecule has 12 heavy (non-hydrogen) atoms. The molecular weight excluding hydrogens is 182 g/mol. The summed E-state index contributed by atoms with van der Waals surface area (Å²) in [6.07, 6.45) is 1.19. The van der Waals surface area contributed by atoms with Crippen molar-refractivity contribution in [2.45, 2.75) is 5.03 Å². The maximum atomic E-state index is 10.9. The first kappa shape index (κ1) is 8.95. The molecule has 1 aromatic heterocycles. The van der Waals surface area contributed by atoms with Crippen LogP contribution in [-0.4, -0.2) is 19.3 Å². The Morgan fingerprint density at radius 1 is 1.42 bits per heavy atom. The van der Waals surface area contributed by atoms with E-state index in [0.29, 0.717) is 0 Å². The summed E-state index contributed by atoms with van der Waals surface area (Å²) in [5, 5.41) is 9.82. The lowest BCUT2D eigenvalue weighted by Gasteiger charge is -1.96. The van der Waals surface area contributed by atoms with Crippen molar-refractivity contribution >= 4 is 9.84 Å². The SMILES string of the molecule is [O]CS(=O)(=O)c1cc(=O)cc[nH]1. The highest BCUT2D eigenvalue weighted by Crippen LogP contribution is 2.01. The molecule has 0 aliphatic rings. The Kier molecular flexibility index (Phi) is 2.30. The summed E-state index contributed by atoms with van der Waals surface area (Å²) >= 11 is 0. The Labute approximate surface area is 68.6 Å². The number of sulfone groups is 1. The largest absolute Gasteiger partial charge is 0.352 e. The molecule has 0 bridgehead atoms. The Morgan fingerprint density at radius 2 is 2.08 bits per heavy atom. The lowest BCUT2D eigenvalue weighted by molar-refractivity contribution is 0.250. The monoisotopic (exact) mass is 188 g/mol. The van der Waals surface area contributed by atoms with Crippen molar-refractivity contribution in [2.75, 3.05) is 5.94 Å². The van der Waals surface area contributed by atoms with Crippen molar-refractivity contribution in [3.8, 4) is 0 Å². The third kappa shape index (κ3) is 1.72. The van der Waals surface area contributed by atoms with Crippen LogP contribution in [0.2, 0.25) is 0 Å². The second kappa shape index (κ2) is 3.08. The van der Waals surface area contributed by atoms with Gasteiger partial charge in [-0.15, -0.1) is 0 Å². The van der Waals surface area contributed by atoms with Gasteiger partial charge in [-0.25, -0.2) is 13.5 Å². The van der Waals surface area contributed by atoms with Gasteiger partial charge in [0.05, 0.1) is 0 Å². The number of nitrogens with one attached hydrogen (secondary N) is 1. The van der Waals surface area contributed by atoms with E-state index in [2.05, 4.69) is 4.98 Å². The van der Waals surface area contributed by atoms with Gasteiger partial charge in [0, 0.05) is 18.3 Å². The molecule has 0 unspecified atom stereocenters. The van der Waals surface area contributed by atoms with Crippen molar-refractivity contribution in [3.63, 3.8) is 0 Å². The van der Waals surface area contributed by atoms with Gasteiger partial charge in [0.25, 0.3) is 0 Å². The summed E-state index contributed by atoms with van der Waals surface area (Å²) in [6, 6.07) is 2.05. The highest BCUT2D eigenvalue weighted by atomic mass is 32.2. The van der Waals surface area contributed by atoms with E-state index in [4.69, 9.17) is 0 Å². The van der Waals surface area contributed by atoms with Gasteiger partial charge < -0.3 is 4.98 Å². The molecule has 0 aromatic carbocycles. The van der Waals surface area contributed by atoms with E-state index in [0.717, 1.165) is 6.07 Å². The number of hydrogen-bond acceptors (Lipinski definition) is 3. The van der Waals surface area contributed by atoms with Gasteiger partial charge in [0.1, 0.15) is 5.03 Å². The molecule has 0 saturated carbocycles. The molecule has 0 amide bonds. The van der Waals surface area contributed by atoms with E-state index >= 15 is 0 Å². The average Bonchev–Trinajstić information content (AvgIpc) is 2.05. The number of H-pyrrole nitrogens is 1. The molecule has 0 fully saturated rings. The maximum absolute atomic E-state index is 10.9. The first-order valence-electron chi connectivity index (χ1n) is 3.06. The fraction of sp³-hybridized carbons (Fsp3) is 0.167. The number of hydrogen-bond donors (Lipinski definition) is 1. The zero-order valence-electron chi connectivity index (χ0n) is 5.98. The van der Waals surface area contributed by atoms with Gasteiger partial charge in [-0.3, -0.25) is 4.79 Å². The molecule has 0 saturated heterocycles. The van der Waals surface area contributed by atoms with Crippen LogP contribution in [0.1, 0.15) is 0 Å². The van der Waals surface area contributed by atoms with Gasteiger partial charge in [0.15, 0.2) is 11.4 Å². The highest BCUT2D eigenvalue weighted by molar-refractivity contribution is 7.91. The molecule has 0 aliphatic carbocycles. The lowest BCUT2D eigenvalue weighted by atomic mass is 10.5. The summed E-state index contributed by atoms with van der Waals surface area (Å²) in [7, 11) is -3.83.